The molecule has 1 aliphatic carbocycles. The summed E-state index contributed by atoms with van der Waals surface area (Å²) in [5.41, 5.74) is 2.13. The van der Waals surface area contributed by atoms with E-state index in [0.29, 0.717) is 5.71 Å². The van der Waals surface area contributed by atoms with Gasteiger partial charge >= 0.3 is 0 Å². The molecule has 1 atom stereocenters. The van der Waals surface area contributed by atoms with E-state index in [1.807, 2.05) is 12.2 Å². The minimum absolute atomic E-state index is 0.0428. The van der Waals surface area contributed by atoms with Crippen molar-refractivity contribution < 1.29 is 9.59 Å². The molecule has 3 rings (SSSR count). The second-order valence-electron chi connectivity index (χ2n) is 3.68. The highest BCUT2D eigenvalue weighted by Crippen LogP contribution is 2.27. The Morgan fingerprint density at radius 3 is 3.13 bits per heavy atom. The number of dihydropyridines is 1. The molecule has 0 saturated carbocycles. The monoisotopic (exact) mass is 200 g/mol. The van der Waals surface area contributed by atoms with Crippen molar-refractivity contribution in [3.8, 4) is 0 Å². The fourth-order valence-electron chi connectivity index (χ4n) is 1.96. The lowest BCUT2D eigenvalue weighted by molar-refractivity contribution is -0.115. The Morgan fingerprint density at radius 2 is 2.27 bits per heavy atom. The smallest absolute Gasteiger partial charge is 0.274 e. The van der Waals surface area contributed by atoms with Gasteiger partial charge in [-0.05, 0) is 24.1 Å². The summed E-state index contributed by atoms with van der Waals surface area (Å²) in [5, 5.41) is 2.58. The summed E-state index contributed by atoms with van der Waals surface area (Å²) in [6, 6.07) is -0.467. The molecule has 2 heterocycles. The summed E-state index contributed by atoms with van der Waals surface area (Å²) in [5.74, 6) is -0.263. The molecule has 0 bridgehead atoms. The van der Waals surface area contributed by atoms with Crippen LogP contribution in [0, 0.1) is 0 Å². The number of nitrogens with zero attached hydrogens (tertiary/aromatic N) is 1. The lowest BCUT2D eigenvalue weighted by Gasteiger charge is -2.21. The van der Waals surface area contributed by atoms with Crippen molar-refractivity contribution in [1.82, 2.24) is 5.32 Å². The van der Waals surface area contributed by atoms with Gasteiger partial charge in [0.2, 0.25) is 0 Å². The Kier molecular flexibility index (Phi) is 1.54. The maximum absolute atomic E-state index is 11.5. The Hall–Kier alpha value is -1.97. The van der Waals surface area contributed by atoms with Crippen LogP contribution in [-0.4, -0.2) is 23.4 Å². The van der Waals surface area contributed by atoms with Gasteiger partial charge in [0.1, 0.15) is 11.8 Å². The second kappa shape index (κ2) is 2.76. The van der Waals surface area contributed by atoms with Crippen LogP contribution >= 0.6 is 0 Å². The number of carbonyl (C=O) groups excluding carboxylic acids is 2. The molecule has 15 heavy (non-hydrogen) atoms. The van der Waals surface area contributed by atoms with Gasteiger partial charge in [-0.25, -0.2) is 0 Å². The van der Waals surface area contributed by atoms with E-state index in [9.17, 15) is 9.59 Å². The molecule has 2 aliphatic heterocycles. The van der Waals surface area contributed by atoms with Gasteiger partial charge in [0.25, 0.3) is 5.91 Å². The molecule has 0 radical (unpaired) electrons. The molecule has 4 nitrogen and oxygen atoms in total. The Balaban J connectivity index is 2.11. The first-order valence-electron chi connectivity index (χ1n) is 4.76. The fourth-order valence-corrected chi connectivity index (χ4v) is 1.96. The van der Waals surface area contributed by atoms with Gasteiger partial charge in [-0.3, -0.25) is 14.6 Å². The van der Waals surface area contributed by atoms with Gasteiger partial charge < -0.3 is 5.32 Å². The maximum Gasteiger partial charge on any atom is 0.274 e. The molecule has 1 amide bonds. The van der Waals surface area contributed by atoms with Gasteiger partial charge in [-0.15, -0.1) is 0 Å². The first-order valence-corrected chi connectivity index (χ1v) is 4.76. The normalized spacial score (nSPS) is 27.5. The number of carbonyl (C=O) groups is 2. The van der Waals surface area contributed by atoms with E-state index in [0.717, 1.165) is 17.6 Å². The molecule has 0 aromatic rings. The van der Waals surface area contributed by atoms with Crippen molar-refractivity contribution in [3.63, 3.8) is 0 Å². The molecule has 4 heteroatoms. The number of aliphatic imine (C=N–C) groups is 1. The van der Waals surface area contributed by atoms with Crippen LogP contribution in [0.4, 0.5) is 0 Å². The first kappa shape index (κ1) is 8.35. The van der Waals surface area contributed by atoms with Gasteiger partial charge in [0, 0.05) is 11.8 Å². The van der Waals surface area contributed by atoms with Gasteiger partial charge in [0.05, 0.1) is 0 Å². The predicted octanol–water partition coefficient (Wildman–Crippen LogP) is 0.279. The van der Waals surface area contributed by atoms with Crippen LogP contribution in [0.25, 0.3) is 0 Å². The lowest BCUT2D eigenvalue weighted by Crippen LogP contribution is -2.30. The van der Waals surface area contributed by atoms with Crippen molar-refractivity contribution >= 4 is 17.4 Å². The van der Waals surface area contributed by atoms with E-state index < -0.39 is 6.04 Å². The zero-order valence-electron chi connectivity index (χ0n) is 7.86. The number of ketones is 1. The minimum atomic E-state index is -0.467. The van der Waals surface area contributed by atoms with Crippen molar-refractivity contribution in [1.29, 1.82) is 0 Å². The average Bonchev–Trinajstić information content (AvgIpc) is 2.59. The van der Waals surface area contributed by atoms with E-state index >= 15 is 0 Å². The highest BCUT2D eigenvalue weighted by atomic mass is 16.2. The fraction of sp³-hybridized carbons (Fsp3) is 0.182. The maximum atomic E-state index is 11.5. The van der Waals surface area contributed by atoms with Crippen molar-refractivity contribution in [2.45, 2.75) is 12.5 Å². The molecule has 0 spiro atoms. The summed E-state index contributed by atoms with van der Waals surface area (Å²) in [6.07, 6.45) is 7.61. The molecule has 74 valence electrons. The number of fused-ring (bicyclic) bond motifs is 2. The van der Waals surface area contributed by atoms with E-state index in [1.54, 1.807) is 6.20 Å². The van der Waals surface area contributed by atoms with Crippen LogP contribution in [0.5, 0.6) is 0 Å². The quantitative estimate of drug-likeness (QED) is 0.610. The Labute approximate surface area is 86.1 Å². The molecule has 0 fully saturated rings. The number of amides is 1. The number of allylic oxidation sites excluding steroid dienone is 2. The highest BCUT2D eigenvalue weighted by Gasteiger charge is 2.32. The van der Waals surface area contributed by atoms with Crippen LogP contribution in [-0.2, 0) is 9.59 Å². The minimum Gasteiger partial charge on any atom is -0.327 e. The molecule has 3 aliphatic rings. The topological polar surface area (TPSA) is 58.5 Å². The van der Waals surface area contributed by atoms with E-state index in [2.05, 4.69) is 10.3 Å². The van der Waals surface area contributed by atoms with Gasteiger partial charge in [-0.2, -0.15) is 0 Å². The van der Waals surface area contributed by atoms with Crippen LogP contribution in [0.1, 0.15) is 6.42 Å². The van der Waals surface area contributed by atoms with Crippen molar-refractivity contribution in [2.75, 3.05) is 0 Å². The molecule has 1 N–H and O–H groups in total. The standard InChI is InChI=1S/C11H8N2O2/c14-8-3-1-2-6-4-7-5-12-11(15)10(7)13-9(6)8/h1,3-5,9H,2H2,(H,12,15). The highest BCUT2D eigenvalue weighted by molar-refractivity contribution is 6.48. The third-order valence-corrected chi connectivity index (χ3v) is 2.70. The Bertz CT molecular complexity index is 495. The third kappa shape index (κ3) is 1.11. The molecule has 0 aromatic carbocycles. The number of hydrogen-bond donors (Lipinski definition) is 1. The number of rotatable bonds is 0. The van der Waals surface area contributed by atoms with Crippen molar-refractivity contribution in [2.24, 2.45) is 4.99 Å². The average molecular weight is 200 g/mol. The van der Waals surface area contributed by atoms with Gasteiger partial charge in [-0.1, -0.05) is 6.08 Å². The number of hydrogen-bond acceptors (Lipinski definition) is 3. The van der Waals surface area contributed by atoms with Gasteiger partial charge in [0.15, 0.2) is 5.78 Å². The second-order valence-corrected chi connectivity index (χ2v) is 3.68. The molecule has 0 saturated heterocycles. The predicted molar refractivity (Wildman–Crippen MR) is 54.3 cm³/mol. The summed E-state index contributed by atoms with van der Waals surface area (Å²) in [4.78, 5) is 27.1. The molecule has 0 aromatic heterocycles. The van der Waals surface area contributed by atoms with E-state index in [4.69, 9.17) is 0 Å². The largest absolute Gasteiger partial charge is 0.327 e. The SMILES string of the molecule is O=C1NC=C2C=C3CC=CC(=O)C3N=C12. The summed E-state index contributed by atoms with van der Waals surface area (Å²) < 4.78 is 0. The Morgan fingerprint density at radius 1 is 1.40 bits per heavy atom. The van der Waals surface area contributed by atoms with E-state index in [-0.39, 0.29) is 11.7 Å². The van der Waals surface area contributed by atoms with Crippen LogP contribution < -0.4 is 5.32 Å². The summed E-state index contributed by atoms with van der Waals surface area (Å²) in [7, 11) is 0. The first-order chi connectivity index (χ1) is 7.25. The number of nitrogens with one attached hydrogen (secondary N) is 1. The van der Waals surface area contributed by atoms with Crippen LogP contribution in [0.15, 0.2) is 40.6 Å². The van der Waals surface area contributed by atoms with Crippen molar-refractivity contribution in [3.05, 3.63) is 35.6 Å². The zero-order chi connectivity index (χ0) is 10.4. The molecular formula is C11H8N2O2. The molecule has 1 unspecified atom stereocenters. The van der Waals surface area contributed by atoms with Crippen LogP contribution in [0.3, 0.4) is 0 Å². The lowest BCUT2D eigenvalue weighted by atomic mass is 9.90. The zero-order valence-corrected chi connectivity index (χ0v) is 7.86. The summed E-state index contributed by atoms with van der Waals surface area (Å²) in [6.45, 7) is 0. The van der Waals surface area contributed by atoms with Crippen LogP contribution in [0.2, 0.25) is 0 Å². The van der Waals surface area contributed by atoms with E-state index in [1.165, 1.54) is 6.08 Å². The third-order valence-electron chi connectivity index (χ3n) is 2.70. The summed E-state index contributed by atoms with van der Waals surface area (Å²) >= 11 is 0. The molecular weight excluding hydrogens is 192 g/mol.